The molecular weight excluding hydrogens is 290 g/mol. The van der Waals surface area contributed by atoms with E-state index in [9.17, 15) is 9.59 Å². The molecule has 0 aliphatic heterocycles. The van der Waals surface area contributed by atoms with Crippen molar-refractivity contribution in [3.05, 3.63) is 30.3 Å². The maximum atomic E-state index is 12.2. The summed E-state index contributed by atoms with van der Waals surface area (Å²) in [6, 6.07) is 8.68. The normalized spacial score (nSPS) is 21.3. The summed E-state index contributed by atoms with van der Waals surface area (Å²) < 4.78 is 0. The van der Waals surface area contributed by atoms with Crippen molar-refractivity contribution < 1.29 is 9.59 Å². The van der Waals surface area contributed by atoms with Crippen LogP contribution in [-0.4, -0.2) is 11.9 Å². The highest BCUT2D eigenvalue weighted by atomic mass is 16.2. The Hall–Kier alpha value is -2.04. The zero-order chi connectivity index (χ0) is 16.9. The van der Waals surface area contributed by atoms with Crippen LogP contribution in [0.5, 0.6) is 0 Å². The Morgan fingerprint density at radius 2 is 1.57 bits per heavy atom. The van der Waals surface area contributed by atoms with Gasteiger partial charge in [0, 0.05) is 11.6 Å². The first kappa shape index (κ1) is 17.3. The third-order valence-corrected chi connectivity index (χ3v) is 4.65. The highest BCUT2D eigenvalue weighted by Crippen LogP contribution is 2.39. The van der Waals surface area contributed by atoms with E-state index in [2.05, 4.69) is 36.9 Å². The van der Waals surface area contributed by atoms with Gasteiger partial charge in [0.05, 0.1) is 0 Å². The minimum atomic E-state index is -0.437. The standard InChI is InChI=1S/C18H27N3O2/c1-18(2,3)14-11-9-13(10-12-14)16(22)20-21-17(23)19-15-7-5-4-6-8-15/h4-8,13-14H,9-12H2,1-3H3,(H,20,22)(H2,19,21,23). The Balaban J connectivity index is 1.72. The van der Waals surface area contributed by atoms with Gasteiger partial charge in [-0.1, -0.05) is 39.0 Å². The van der Waals surface area contributed by atoms with Gasteiger partial charge in [0.25, 0.3) is 0 Å². The molecule has 2 rings (SSSR count). The SMILES string of the molecule is CC(C)(C)C1CCC(C(=O)NNC(=O)Nc2ccccc2)CC1. The first-order valence-corrected chi connectivity index (χ1v) is 8.28. The summed E-state index contributed by atoms with van der Waals surface area (Å²) >= 11 is 0. The molecule has 126 valence electrons. The van der Waals surface area contributed by atoms with Gasteiger partial charge in [0.1, 0.15) is 0 Å². The first-order chi connectivity index (χ1) is 10.9. The lowest BCUT2D eigenvalue weighted by Gasteiger charge is -2.36. The number of carbonyl (C=O) groups is 2. The number of benzene rings is 1. The molecule has 0 radical (unpaired) electrons. The van der Waals surface area contributed by atoms with Crippen molar-refractivity contribution in [2.75, 3.05) is 5.32 Å². The third kappa shape index (κ3) is 5.27. The number of hydrogen-bond donors (Lipinski definition) is 3. The lowest BCUT2D eigenvalue weighted by atomic mass is 9.70. The van der Waals surface area contributed by atoms with Gasteiger partial charge in [-0.25, -0.2) is 10.2 Å². The summed E-state index contributed by atoms with van der Waals surface area (Å²) in [4.78, 5) is 23.9. The third-order valence-electron chi connectivity index (χ3n) is 4.65. The second-order valence-corrected chi connectivity index (χ2v) is 7.35. The van der Waals surface area contributed by atoms with Gasteiger partial charge in [0.2, 0.25) is 5.91 Å². The van der Waals surface area contributed by atoms with Crippen molar-refractivity contribution in [2.45, 2.75) is 46.5 Å². The van der Waals surface area contributed by atoms with E-state index in [1.807, 2.05) is 18.2 Å². The molecule has 3 amide bonds. The number of anilines is 1. The van der Waals surface area contributed by atoms with Crippen molar-refractivity contribution in [1.29, 1.82) is 0 Å². The predicted octanol–water partition coefficient (Wildman–Crippen LogP) is 3.69. The zero-order valence-corrected chi connectivity index (χ0v) is 14.2. The van der Waals surface area contributed by atoms with Crippen LogP contribution in [0.3, 0.4) is 0 Å². The van der Waals surface area contributed by atoms with Gasteiger partial charge in [-0.3, -0.25) is 10.2 Å². The van der Waals surface area contributed by atoms with Crippen LogP contribution in [-0.2, 0) is 4.79 Å². The smallest absolute Gasteiger partial charge is 0.307 e. The van der Waals surface area contributed by atoms with Gasteiger partial charge in [-0.15, -0.1) is 0 Å². The quantitative estimate of drug-likeness (QED) is 0.728. The minimum Gasteiger partial charge on any atom is -0.307 e. The van der Waals surface area contributed by atoms with Crippen molar-refractivity contribution >= 4 is 17.6 Å². The highest BCUT2D eigenvalue weighted by molar-refractivity contribution is 5.91. The molecule has 23 heavy (non-hydrogen) atoms. The first-order valence-electron chi connectivity index (χ1n) is 8.28. The minimum absolute atomic E-state index is 0.00868. The molecule has 5 nitrogen and oxygen atoms in total. The van der Waals surface area contributed by atoms with Crippen LogP contribution in [0.1, 0.15) is 46.5 Å². The Morgan fingerprint density at radius 1 is 0.957 bits per heavy atom. The predicted molar refractivity (Wildman–Crippen MR) is 91.6 cm³/mol. The maximum absolute atomic E-state index is 12.2. The summed E-state index contributed by atoms with van der Waals surface area (Å²) in [5.74, 6) is 0.562. The summed E-state index contributed by atoms with van der Waals surface area (Å²) in [7, 11) is 0. The van der Waals surface area contributed by atoms with Crippen LogP contribution in [0, 0.1) is 17.3 Å². The Labute approximate surface area is 138 Å². The fourth-order valence-electron chi connectivity index (χ4n) is 3.13. The van der Waals surface area contributed by atoms with Crippen LogP contribution < -0.4 is 16.2 Å². The van der Waals surface area contributed by atoms with Gasteiger partial charge < -0.3 is 5.32 Å². The summed E-state index contributed by atoms with van der Waals surface area (Å²) in [5, 5.41) is 2.66. The fraction of sp³-hybridized carbons (Fsp3) is 0.556. The van der Waals surface area contributed by atoms with Gasteiger partial charge in [0.15, 0.2) is 0 Å². The molecule has 0 aromatic heterocycles. The molecule has 1 aromatic rings. The second kappa shape index (κ2) is 7.49. The molecule has 1 aliphatic rings. The fourth-order valence-corrected chi connectivity index (χ4v) is 3.13. The maximum Gasteiger partial charge on any atom is 0.337 e. The molecule has 1 aliphatic carbocycles. The average Bonchev–Trinajstić information content (AvgIpc) is 2.53. The molecule has 0 unspecified atom stereocenters. The van der Waals surface area contributed by atoms with Crippen LogP contribution in [0.4, 0.5) is 10.5 Å². The number of urea groups is 1. The molecule has 0 heterocycles. The number of para-hydroxylation sites is 1. The van der Waals surface area contributed by atoms with Crippen molar-refractivity contribution in [1.82, 2.24) is 10.9 Å². The summed E-state index contributed by atoms with van der Waals surface area (Å²) in [6.45, 7) is 6.77. The van der Waals surface area contributed by atoms with E-state index in [1.165, 1.54) is 0 Å². The number of nitrogens with one attached hydrogen (secondary N) is 3. The monoisotopic (exact) mass is 317 g/mol. The van der Waals surface area contributed by atoms with Crippen LogP contribution in [0.25, 0.3) is 0 Å². The molecule has 1 saturated carbocycles. The van der Waals surface area contributed by atoms with Gasteiger partial charge in [-0.2, -0.15) is 0 Å². The number of carbonyl (C=O) groups excluding carboxylic acids is 2. The lowest BCUT2D eigenvalue weighted by Crippen LogP contribution is -2.47. The van der Waals surface area contributed by atoms with Crippen molar-refractivity contribution in [3.8, 4) is 0 Å². The van der Waals surface area contributed by atoms with Crippen LogP contribution in [0.15, 0.2) is 30.3 Å². The molecule has 0 bridgehead atoms. The van der Waals surface area contributed by atoms with E-state index in [4.69, 9.17) is 0 Å². The Bertz CT molecular complexity index is 529. The summed E-state index contributed by atoms with van der Waals surface area (Å²) in [6.07, 6.45) is 3.90. The lowest BCUT2D eigenvalue weighted by molar-refractivity contribution is -0.127. The number of rotatable bonds is 2. The van der Waals surface area contributed by atoms with Crippen LogP contribution in [0.2, 0.25) is 0 Å². The number of amides is 3. The average molecular weight is 317 g/mol. The van der Waals surface area contributed by atoms with Gasteiger partial charge in [-0.05, 0) is 49.1 Å². The summed E-state index contributed by atoms with van der Waals surface area (Å²) in [5.41, 5.74) is 5.93. The number of hydrazine groups is 1. The molecule has 1 fully saturated rings. The van der Waals surface area contributed by atoms with Gasteiger partial charge >= 0.3 is 6.03 Å². The number of hydrogen-bond acceptors (Lipinski definition) is 2. The van der Waals surface area contributed by atoms with Crippen molar-refractivity contribution in [3.63, 3.8) is 0 Å². The van der Waals surface area contributed by atoms with Crippen LogP contribution >= 0.6 is 0 Å². The Kier molecular flexibility index (Phi) is 5.64. The topological polar surface area (TPSA) is 70.2 Å². The molecule has 0 spiro atoms. The Morgan fingerprint density at radius 3 is 2.13 bits per heavy atom. The van der Waals surface area contributed by atoms with E-state index >= 15 is 0 Å². The molecule has 1 aromatic carbocycles. The van der Waals surface area contributed by atoms with E-state index < -0.39 is 6.03 Å². The van der Waals surface area contributed by atoms with Crippen molar-refractivity contribution in [2.24, 2.45) is 17.3 Å². The zero-order valence-electron chi connectivity index (χ0n) is 14.2. The van der Waals surface area contributed by atoms with E-state index in [1.54, 1.807) is 12.1 Å². The molecular formula is C18H27N3O2. The molecule has 5 heteroatoms. The van der Waals surface area contributed by atoms with E-state index in [0.717, 1.165) is 25.7 Å². The molecule has 0 saturated heterocycles. The van der Waals surface area contributed by atoms with E-state index in [-0.39, 0.29) is 11.8 Å². The molecule has 0 atom stereocenters. The highest BCUT2D eigenvalue weighted by Gasteiger charge is 2.32. The molecule has 3 N–H and O–H groups in total. The second-order valence-electron chi connectivity index (χ2n) is 7.35. The van der Waals surface area contributed by atoms with E-state index in [0.29, 0.717) is 17.0 Å². The largest absolute Gasteiger partial charge is 0.337 e.